The minimum atomic E-state index is 1.16. The largest absolute Gasteiger partial charge is 0.0758 e. The predicted octanol–water partition coefficient (Wildman–Crippen LogP) is 2.91. The number of allylic oxidation sites excluding steroid dienone is 1. The lowest BCUT2D eigenvalue weighted by Crippen LogP contribution is -1.70. The van der Waals surface area contributed by atoms with E-state index in [1.165, 1.54) is 5.57 Å². The van der Waals surface area contributed by atoms with Crippen LogP contribution < -0.4 is 0 Å². The Morgan fingerprint density at radius 1 is 1.40 bits per heavy atom. The van der Waals surface area contributed by atoms with Gasteiger partial charge >= 0.3 is 0 Å². The summed E-state index contributed by atoms with van der Waals surface area (Å²) in [5, 5.41) is 0. The van der Waals surface area contributed by atoms with E-state index >= 15 is 0 Å². The van der Waals surface area contributed by atoms with Gasteiger partial charge < -0.3 is 0 Å². The molecule has 0 aliphatic rings. The van der Waals surface area contributed by atoms with Gasteiger partial charge in [0.05, 0.1) is 0 Å². The van der Waals surface area contributed by atoms with Gasteiger partial charge in [-0.15, -0.1) is 0 Å². The fourth-order valence-electron chi connectivity index (χ4n) is 0.808. The lowest BCUT2D eigenvalue weighted by molar-refractivity contribution is 1.42. The smallest absolute Gasteiger partial charge is 0.0105 e. The van der Waals surface area contributed by atoms with Crippen molar-refractivity contribution >= 4 is 6.08 Å². The third kappa shape index (κ3) is 2.06. The van der Waals surface area contributed by atoms with Gasteiger partial charge in [0.25, 0.3) is 0 Å². The van der Waals surface area contributed by atoms with E-state index in [-0.39, 0.29) is 0 Å². The first-order valence-corrected chi connectivity index (χ1v) is 3.40. The van der Waals surface area contributed by atoms with E-state index in [2.05, 4.69) is 26.0 Å². The topological polar surface area (TPSA) is 0 Å². The second-order valence-electron chi connectivity index (χ2n) is 2.54. The second kappa shape index (κ2) is 3.21. The summed E-state index contributed by atoms with van der Waals surface area (Å²) in [6.45, 7) is 4.17. The van der Waals surface area contributed by atoms with Gasteiger partial charge in [-0.3, -0.25) is 0 Å². The molecule has 0 heteroatoms. The number of hydrogen-bond donors (Lipinski definition) is 0. The van der Waals surface area contributed by atoms with E-state index < -0.39 is 0 Å². The molecule has 0 nitrogen and oxygen atoms in total. The second-order valence-corrected chi connectivity index (χ2v) is 2.54. The van der Waals surface area contributed by atoms with Crippen LogP contribution >= 0.6 is 0 Å². The third-order valence-electron chi connectivity index (χ3n) is 1.18. The van der Waals surface area contributed by atoms with Crippen molar-refractivity contribution in [3.8, 4) is 0 Å². The lowest BCUT2D eigenvalue weighted by Gasteiger charge is -1.90. The molecule has 0 saturated carbocycles. The SMILES string of the molecule is CC(C)=Cc1[c]cccc1. The maximum Gasteiger partial charge on any atom is -0.0105 e. The molecular weight excluding hydrogens is 120 g/mol. The molecular formula is C10H11. The minimum Gasteiger partial charge on any atom is -0.0758 e. The lowest BCUT2D eigenvalue weighted by atomic mass is 10.2. The van der Waals surface area contributed by atoms with E-state index in [4.69, 9.17) is 0 Å². The molecule has 0 bridgehead atoms. The Labute approximate surface area is 62.2 Å². The molecule has 0 amide bonds. The fourth-order valence-corrected chi connectivity index (χ4v) is 0.808. The molecule has 10 heavy (non-hydrogen) atoms. The molecule has 0 aliphatic carbocycles. The fraction of sp³-hybridized carbons (Fsp3) is 0.200. The zero-order valence-electron chi connectivity index (χ0n) is 6.39. The molecule has 1 aromatic rings. The summed E-state index contributed by atoms with van der Waals surface area (Å²) in [6.07, 6.45) is 2.11. The van der Waals surface area contributed by atoms with Gasteiger partial charge in [0, 0.05) is 0 Å². The van der Waals surface area contributed by atoms with E-state index in [1.54, 1.807) is 0 Å². The van der Waals surface area contributed by atoms with Gasteiger partial charge in [0.1, 0.15) is 0 Å². The molecule has 0 fully saturated rings. The summed E-state index contributed by atoms with van der Waals surface area (Å²) in [5.41, 5.74) is 2.46. The molecule has 1 radical (unpaired) electrons. The van der Waals surface area contributed by atoms with Crippen LogP contribution in [-0.2, 0) is 0 Å². The minimum absolute atomic E-state index is 1.16. The van der Waals surface area contributed by atoms with E-state index in [0.29, 0.717) is 0 Å². The van der Waals surface area contributed by atoms with Crippen LogP contribution in [0.4, 0.5) is 0 Å². The zero-order chi connectivity index (χ0) is 7.40. The van der Waals surface area contributed by atoms with Crippen molar-refractivity contribution in [2.45, 2.75) is 13.8 Å². The van der Waals surface area contributed by atoms with Crippen LogP contribution in [0, 0.1) is 6.07 Å². The summed E-state index contributed by atoms with van der Waals surface area (Å²) in [7, 11) is 0. The molecule has 0 atom stereocenters. The highest BCUT2D eigenvalue weighted by molar-refractivity contribution is 5.50. The Morgan fingerprint density at radius 3 is 2.70 bits per heavy atom. The van der Waals surface area contributed by atoms with Crippen molar-refractivity contribution in [3.05, 3.63) is 41.5 Å². The molecule has 1 rings (SSSR count). The van der Waals surface area contributed by atoms with Crippen molar-refractivity contribution < 1.29 is 0 Å². The molecule has 0 heterocycles. The maximum atomic E-state index is 3.12. The van der Waals surface area contributed by atoms with Crippen molar-refractivity contribution in [1.82, 2.24) is 0 Å². The summed E-state index contributed by atoms with van der Waals surface area (Å²) >= 11 is 0. The Hall–Kier alpha value is -1.04. The normalized spacial score (nSPS) is 9.00. The predicted molar refractivity (Wildman–Crippen MR) is 44.6 cm³/mol. The summed E-state index contributed by atoms with van der Waals surface area (Å²) in [5.74, 6) is 0. The molecule has 0 saturated heterocycles. The molecule has 0 unspecified atom stereocenters. The molecule has 1 aromatic carbocycles. The van der Waals surface area contributed by atoms with E-state index in [0.717, 1.165) is 5.56 Å². The first-order chi connectivity index (χ1) is 4.79. The average Bonchev–Trinajstić information content (AvgIpc) is 1.88. The van der Waals surface area contributed by atoms with E-state index in [9.17, 15) is 0 Å². The van der Waals surface area contributed by atoms with Crippen molar-refractivity contribution in [2.24, 2.45) is 0 Å². The van der Waals surface area contributed by atoms with Crippen LogP contribution in [0.5, 0.6) is 0 Å². The standard InChI is InChI=1S/C10H11/c1-9(2)8-10-6-4-3-5-7-10/h3-6,8H,1-2H3. The van der Waals surface area contributed by atoms with Gasteiger partial charge in [-0.1, -0.05) is 35.9 Å². The Morgan fingerprint density at radius 2 is 2.20 bits per heavy atom. The van der Waals surface area contributed by atoms with Gasteiger partial charge in [-0.05, 0) is 25.5 Å². The molecule has 51 valence electrons. The quantitative estimate of drug-likeness (QED) is 0.549. The van der Waals surface area contributed by atoms with Crippen molar-refractivity contribution in [2.75, 3.05) is 0 Å². The number of benzene rings is 1. The van der Waals surface area contributed by atoms with Crippen molar-refractivity contribution in [3.63, 3.8) is 0 Å². The molecule has 0 spiro atoms. The first kappa shape index (κ1) is 7.07. The average molecular weight is 131 g/mol. The summed E-state index contributed by atoms with van der Waals surface area (Å²) in [6, 6.07) is 11.1. The maximum absolute atomic E-state index is 3.12. The van der Waals surface area contributed by atoms with Crippen LogP contribution in [0.2, 0.25) is 0 Å². The van der Waals surface area contributed by atoms with Gasteiger partial charge in [-0.2, -0.15) is 0 Å². The zero-order valence-corrected chi connectivity index (χ0v) is 6.39. The van der Waals surface area contributed by atoms with Gasteiger partial charge in [0.15, 0.2) is 0 Å². The molecule has 0 N–H and O–H groups in total. The Bertz CT molecular complexity index is 215. The third-order valence-corrected chi connectivity index (χ3v) is 1.18. The highest BCUT2D eigenvalue weighted by atomic mass is 13.9. The van der Waals surface area contributed by atoms with Crippen LogP contribution in [0.25, 0.3) is 6.08 Å². The van der Waals surface area contributed by atoms with Crippen LogP contribution in [0.3, 0.4) is 0 Å². The van der Waals surface area contributed by atoms with Crippen molar-refractivity contribution in [1.29, 1.82) is 0 Å². The highest BCUT2D eigenvalue weighted by Crippen LogP contribution is 2.03. The van der Waals surface area contributed by atoms with Crippen LogP contribution in [0.1, 0.15) is 19.4 Å². The Balaban J connectivity index is 2.87. The number of hydrogen-bond acceptors (Lipinski definition) is 0. The number of rotatable bonds is 1. The van der Waals surface area contributed by atoms with Gasteiger partial charge in [0.2, 0.25) is 0 Å². The first-order valence-electron chi connectivity index (χ1n) is 3.40. The summed E-state index contributed by atoms with van der Waals surface area (Å²) < 4.78 is 0. The van der Waals surface area contributed by atoms with Crippen LogP contribution in [0.15, 0.2) is 29.8 Å². The molecule has 0 aliphatic heterocycles. The Kier molecular flexibility index (Phi) is 2.27. The summed E-state index contributed by atoms with van der Waals surface area (Å²) in [4.78, 5) is 0. The molecule has 0 aromatic heterocycles. The van der Waals surface area contributed by atoms with Gasteiger partial charge in [-0.25, -0.2) is 0 Å². The van der Waals surface area contributed by atoms with E-state index in [1.807, 2.05) is 24.3 Å². The monoisotopic (exact) mass is 131 g/mol. The highest BCUT2D eigenvalue weighted by Gasteiger charge is 1.82. The van der Waals surface area contributed by atoms with Crippen LogP contribution in [-0.4, -0.2) is 0 Å².